The first kappa shape index (κ1) is 13.5. The van der Waals surface area contributed by atoms with Crippen molar-refractivity contribution in [3.8, 4) is 5.75 Å². The molecule has 4 nitrogen and oxygen atoms in total. The van der Waals surface area contributed by atoms with Gasteiger partial charge < -0.3 is 4.74 Å². The number of rotatable bonds is 7. The molecule has 4 heteroatoms. The SMILES string of the molecule is CCOc1ccc(CCCCC(=O)NN)cc1. The first-order valence-corrected chi connectivity index (χ1v) is 5.97. The van der Waals surface area contributed by atoms with Gasteiger partial charge in [-0.3, -0.25) is 10.2 Å². The van der Waals surface area contributed by atoms with Crippen LogP contribution in [-0.4, -0.2) is 12.5 Å². The van der Waals surface area contributed by atoms with Crippen molar-refractivity contribution in [2.75, 3.05) is 6.61 Å². The Bertz CT molecular complexity index is 336. The summed E-state index contributed by atoms with van der Waals surface area (Å²) in [6.07, 6.45) is 3.31. The summed E-state index contributed by atoms with van der Waals surface area (Å²) in [6, 6.07) is 8.08. The second kappa shape index (κ2) is 7.68. The van der Waals surface area contributed by atoms with Gasteiger partial charge in [0, 0.05) is 6.42 Å². The number of ether oxygens (including phenoxy) is 1. The number of aryl methyl sites for hydroxylation is 1. The Morgan fingerprint density at radius 1 is 1.29 bits per heavy atom. The predicted molar refractivity (Wildman–Crippen MR) is 67.5 cm³/mol. The van der Waals surface area contributed by atoms with Crippen molar-refractivity contribution in [3.63, 3.8) is 0 Å². The lowest BCUT2D eigenvalue weighted by molar-refractivity contribution is -0.121. The van der Waals surface area contributed by atoms with Crippen LogP contribution in [-0.2, 0) is 11.2 Å². The van der Waals surface area contributed by atoms with E-state index in [1.165, 1.54) is 5.56 Å². The van der Waals surface area contributed by atoms with E-state index in [9.17, 15) is 4.79 Å². The minimum absolute atomic E-state index is 0.100. The number of nitrogens with one attached hydrogen (secondary N) is 1. The summed E-state index contributed by atoms with van der Waals surface area (Å²) in [5.74, 6) is 5.80. The molecule has 0 unspecified atom stereocenters. The van der Waals surface area contributed by atoms with Crippen LogP contribution in [0.25, 0.3) is 0 Å². The topological polar surface area (TPSA) is 64.3 Å². The number of carbonyl (C=O) groups excluding carboxylic acids is 1. The summed E-state index contributed by atoms with van der Waals surface area (Å²) in [6.45, 7) is 2.66. The van der Waals surface area contributed by atoms with Gasteiger partial charge in [-0.15, -0.1) is 0 Å². The van der Waals surface area contributed by atoms with Gasteiger partial charge in [-0.05, 0) is 43.9 Å². The molecular formula is C13H20N2O2. The molecule has 0 radical (unpaired) electrons. The molecule has 0 saturated carbocycles. The number of benzene rings is 1. The highest BCUT2D eigenvalue weighted by atomic mass is 16.5. The zero-order valence-corrected chi connectivity index (χ0v) is 10.2. The Kier molecular flexibility index (Phi) is 6.10. The number of carbonyl (C=O) groups is 1. The molecule has 1 rings (SSSR count). The van der Waals surface area contributed by atoms with E-state index in [0.29, 0.717) is 13.0 Å². The normalized spacial score (nSPS) is 10.0. The Hall–Kier alpha value is -1.55. The highest BCUT2D eigenvalue weighted by Gasteiger charge is 1.99. The van der Waals surface area contributed by atoms with Crippen LogP contribution in [0.3, 0.4) is 0 Å². The fraction of sp³-hybridized carbons (Fsp3) is 0.462. The molecule has 0 aliphatic carbocycles. The van der Waals surface area contributed by atoms with E-state index in [1.807, 2.05) is 19.1 Å². The standard InChI is InChI=1S/C13H20N2O2/c1-2-17-12-9-7-11(8-10-12)5-3-4-6-13(16)15-14/h7-10H,2-6,14H2,1H3,(H,15,16). The molecule has 0 aliphatic rings. The number of nitrogens with two attached hydrogens (primary N) is 1. The zero-order chi connectivity index (χ0) is 12.5. The molecule has 94 valence electrons. The molecule has 0 saturated heterocycles. The Balaban J connectivity index is 2.25. The van der Waals surface area contributed by atoms with Crippen molar-refractivity contribution >= 4 is 5.91 Å². The van der Waals surface area contributed by atoms with Gasteiger partial charge in [-0.2, -0.15) is 0 Å². The fourth-order valence-corrected chi connectivity index (χ4v) is 1.61. The number of unbranched alkanes of at least 4 members (excludes halogenated alkanes) is 1. The number of hydrogen-bond acceptors (Lipinski definition) is 3. The Morgan fingerprint density at radius 2 is 2.00 bits per heavy atom. The summed E-state index contributed by atoms with van der Waals surface area (Å²) in [4.78, 5) is 10.9. The third-order valence-electron chi connectivity index (χ3n) is 2.51. The van der Waals surface area contributed by atoms with Crippen LogP contribution >= 0.6 is 0 Å². The van der Waals surface area contributed by atoms with E-state index >= 15 is 0 Å². The highest BCUT2D eigenvalue weighted by Crippen LogP contribution is 2.14. The molecule has 0 aromatic heterocycles. The van der Waals surface area contributed by atoms with Gasteiger partial charge >= 0.3 is 0 Å². The lowest BCUT2D eigenvalue weighted by Crippen LogP contribution is -2.29. The first-order chi connectivity index (χ1) is 8.26. The fourth-order valence-electron chi connectivity index (χ4n) is 1.61. The highest BCUT2D eigenvalue weighted by molar-refractivity contribution is 5.75. The van der Waals surface area contributed by atoms with Crippen LogP contribution < -0.4 is 16.0 Å². The molecule has 0 heterocycles. The lowest BCUT2D eigenvalue weighted by Gasteiger charge is -2.05. The lowest BCUT2D eigenvalue weighted by atomic mass is 10.1. The zero-order valence-electron chi connectivity index (χ0n) is 10.2. The molecular weight excluding hydrogens is 216 g/mol. The minimum atomic E-state index is -0.100. The molecule has 1 amide bonds. The van der Waals surface area contributed by atoms with Crippen molar-refractivity contribution in [3.05, 3.63) is 29.8 Å². The second-order valence-corrected chi connectivity index (χ2v) is 3.85. The smallest absolute Gasteiger partial charge is 0.233 e. The number of amides is 1. The molecule has 0 aliphatic heterocycles. The molecule has 0 fully saturated rings. The van der Waals surface area contributed by atoms with Crippen LogP contribution in [0.5, 0.6) is 5.75 Å². The van der Waals surface area contributed by atoms with Crippen LogP contribution in [0.2, 0.25) is 0 Å². The third-order valence-corrected chi connectivity index (χ3v) is 2.51. The summed E-state index contributed by atoms with van der Waals surface area (Å²) < 4.78 is 5.37. The average Bonchev–Trinajstić information content (AvgIpc) is 2.36. The molecule has 3 N–H and O–H groups in total. The van der Waals surface area contributed by atoms with Gasteiger partial charge in [0.15, 0.2) is 0 Å². The monoisotopic (exact) mass is 236 g/mol. The van der Waals surface area contributed by atoms with Gasteiger partial charge in [-0.1, -0.05) is 12.1 Å². The molecule has 0 bridgehead atoms. The number of hydrogen-bond donors (Lipinski definition) is 2. The van der Waals surface area contributed by atoms with Gasteiger partial charge in [0.1, 0.15) is 5.75 Å². The first-order valence-electron chi connectivity index (χ1n) is 5.97. The van der Waals surface area contributed by atoms with Crippen LogP contribution in [0.1, 0.15) is 31.7 Å². The summed E-state index contributed by atoms with van der Waals surface area (Å²) in [5.41, 5.74) is 3.40. The van der Waals surface area contributed by atoms with Gasteiger partial charge in [0.2, 0.25) is 5.91 Å². The van der Waals surface area contributed by atoms with Gasteiger partial charge in [0.05, 0.1) is 6.61 Å². The molecule has 0 atom stereocenters. The van der Waals surface area contributed by atoms with Crippen molar-refractivity contribution in [2.45, 2.75) is 32.6 Å². The maximum atomic E-state index is 10.9. The summed E-state index contributed by atoms with van der Waals surface area (Å²) >= 11 is 0. The van der Waals surface area contributed by atoms with E-state index < -0.39 is 0 Å². The number of hydrazine groups is 1. The van der Waals surface area contributed by atoms with Crippen LogP contribution in [0, 0.1) is 0 Å². The van der Waals surface area contributed by atoms with Gasteiger partial charge in [0.25, 0.3) is 0 Å². The third kappa shape index (κ3) is 5.36. The Morgan fingerprint density at radius 3 is 2.59 bits per heavy atom. The van der Waals surface area contributed by atoms with Crippen molar-refractivity contribution in [2.24, 2.45) is 5.84 Å². The van der Waals surface area contributed by atoms with Crippen molar-refractivity contribution in [1.29, 1.82) is 0 Å². The Labute approximate surface area is 102 Å². The quantitative estimate of drug-likeness (QED) is 0.328. The summed E-state index contributed by atoms with van der Waals surface area (Å²) in [7, 11) is 0. The van der Waals surface area contributed by atoms with E-state index in [4.69, 9.17) is 10.6 Å². The van der Waals surface area contributed by atoms with Gasteiger partial charge in [-0.25, -0.2) is 5.84 Å². The predicted octanol–water partition coefficient (Wildman–Crippen LogP) is 1.79. The molecule has 1 aromatic carbocycles. The largest absolute Gasteiger partial charge is 0.494 e. The van der Waals surface area contributed by atoms with E-state index in [0.717, 1.165) is 25.0 Å². The van der Waals surface area contributed by atoms with Crippen molar-refractivity contribution in [1.82, 2.24) is 5.43 Å². The van der Waals surface area contributed by atoms with E-state index in [-0.39, 0.29) is 5.91 Å². The maximum Gasteiger partial charge on any atom is 0.233 e. The maximum absolute atomic E-state index is 10.9. The molecule has 17 heavy (non-hydrogen) atoms. The summed E-state index contributed by atoms with van der Waals surface area (Å²) in [5, 5.41) is 0. The average molecular weight is 236 g/mol. The second-order valence-electron chi connectivity index (χ2n) is 3.85. The minimum Gasteiger partial charge on any atom is -0.494 e. The van der Waals surface area contributed by atoms with Crippen LogP contribution in [0.4, 0.5) is 0 Å². The molecule has 0 spiro atoms. The van der Waals surface area contributed by atoms with Crippen LogP contribution in [0.15, 0.2) is 24.3 Å². The van der Waals surface area contributed by atoms with E-state index in [2.05, 4.69) is 17.6 Å². The molecule has 1 aromatic rings. The van der Waals surface area contributed by atoms with Crippen molar-refractivity contribution < 1.29 is 9.53 Å². The van der Waals surface area contributed by atoms with E-state index in [1.54, 1.807) is 0 Å².